The zero-order chi connectivity index (χ0) is 20.2. The summed E-state index contributed by atoms with van der Waals surface area (Å²) in [5.74, 6) is 0. The third-order valence-corrected chi connectivity index (χ3v) is 5.07. The Labute approximate surface area is 176 Å². The van der Waals surface area contributed by atoms with E-state index in [1.54, 1.807) is 0 Å². The van der Waals surface area contributed by atoms with Gasteiger partial charge in [-0.3, -0.25) is 0 Å². The van der Waals surface area contributed by atoms with Crippen molar-refractivity contribution in [2.75, 3.05) is 4.90 Å². The molecule has 3 heteroatoms. The number of benzene rings is 4. The van der Waals surface area contributed by atoms with E-state index >= 15 is 0 Å². The molecule has 0 saturated carbocycles. The second-order valence-electron chi connectivity index (χ2n) is 7.00. The molecular weight excluding hydrogens is 366 g/mol. The summed E-state index contributed by atoms with van der Waals surface area (Å²) >= 11 is 0. The Hall–Kier alpha value is -4.11. The minimum absolute atomic E-state index is 1.03. The van der Waals surface area contributed by atoms with Crippen molar-refractivity contribution >= 4 is 17.1 Å². The molecule has 0 aliphatic heterocycles. The van der Waals surface area contributed by atoms with Gasteiger partial charge >= 0.3 is 0 Å². The number of para-hydroxylation sites is 3. The van der Waals surface area contributed by atoms with Gasteiger partial charge in [-0.15, -0.1) is 0 Å². The Bertz CT molecular complexity index is 1180. The van der Waals surface area contributed by atoms with Crippen molar-refractivity contribution < 1.29 is 0 Å². The van der Waals surface area contributed by atoms with Gasteiger partial charge in [0.25, 0.3) is 0 Å². The summed E-state index contributed by atoms with van der Waals surface area (Å²) in [4.78, 5) is 2.26. The van der Waals surface area contributed by atoms with Crippen molar-refractivity contribution in [2.45, 2.75) is 0 Å². The van der Waals surface area contributed by atoms with Crippen molar-refractivity contribution in [3.63, 3.8) is 0 Å². The van der Waals surface area contributed by atoms with Gasteiger partial charge in [-0.25, -0.2) is 4.68 Å². The molecule has 144 valence electrons. The van der Waals surface area contributed by atoms with E-state index in [0.29, 0.717) is 0 Å². The lowest BCUT2D eigenvalue weighted by atomic mass is 10.1. The maximum absolute atomic E-state index is 4.81. The number of nitrogens with zero attached hydrogens (tertiary/aromatic N) is 3. The molecular formula is C27H21N3. The summed E-state index contributed by atoms with van der Waals surface area (Å²) < 4.78 is 2.02. The normalized spacial score (nSPS) is 10.7. The van der Waals surface area contributed by atoms with Crippen LogP contribution in [0.15, 0.2) is 128 Å². The van der Waals surface area contributed by atoms with Gasteiger partial charge in [0.1, 0.15) is 0 Å². The lowest BCUT2D eigenvalue weighted by Gasteiger charge is -2.25. The highest BCUT2D eigenvalue weighted by Crippen LogP contribution is 2.41. The molecule has 4 aromatic carbocycles. The molecule has 0 saturated heterocycles. The van der Waals surface area contributed by atoms with Crippen LogP contribution in [0.1, 0.15) is 0 Å². The highest BCUT2D eigenvalue weighted by atomic mass is 15.3. The van der Waals surface area contributed by atoms with Gasteiger partial charge in [0.2, 0.25) is 0 Å². The van der Waals surface area contributed by atoms with E-state index < -0.39 is 0 Å². The van der Waals surface area contributed by atoms with Crippen molar-refractivity contribution in [1.82, 2.24) is 9.78 Å². The number of anilines is 3. The molecule has 0 atom stereocenters. The fraction of sp³-hybridized carbons (Fsp3) is 0. The third kappa shape index (κ3) is 3.38. The molecule has 1 heterocycles. The number of hydrogen-bond acceptors (Lipinski definition) is 2. The first-order valence-electron chi connectivity index (χ1n) is 10.0. The zero-order valence-corrected chi connectivity index (χ0v) is 16.5. The Morgan fingerprint density at radius 2 is 1.00 bits per heavy atom. The minimum atomic E-state index is 1.03. The largest absolute Gasteiger partial charge is 0.307 e. The predicted octanol–water partition coefficient (Wildman–Crippen LogP) is 7.01. The van der Waals surface area contributed by atoms with Crippen molar-refractivity contribution in [3.8, 4) is 16.9 Å². The van der Waals surface area contributed by atoms with Gasteiger partial charge in [-0.05, 0) is 36.4 Å². The summed E-state index contributed by atoms with van der Waals surface area (Å²) in [6, 6.07) is 41.6. The van der Waals surface area contributed by atoms with Crippen LogP contribution in [0, 0.1) is 0 Å². The summed E-state index contributed by atoms with van der Waals surface area (Å²) in [6.45, 7) is 0. The van der Waals surface area contributed by atoms with E-state index in [1.165, 1.54) is 0 Å². The Kier molecular flexibility index (Phi) is 4.84. The molecule has 0 amide bonds. The van der Waals surface area contributed by atoms with Gasteiger partial charge in [0.05, 0.1) is 23.3 Å². The molecule has 30 heavy (non-hydrogen) atoms. The molecule has 5 rings (SSSR count). The predicted molar refractivity (Wildman–Crippen MR) is 124 cm³/mol. The fourth-order valence-electron chi connectivity index (χ4n) is 3.72. The van der Waals surface area contributed by atoms with Crippen LogP contribution < -0.4 is 4.90 Å². The van der Waals surface area contributed by atoms with Gasteiger partial charge in [0.15, 0.2) is 0 Å². The van der Waals surface area contributed by atoms with E-state index in [1.807, 2.05) is 47.3 Å². The maximum Gasteiger partial charge on any atom is 0.0981 e. The van der Waals surface area contributed by atoms with E-state index in [9.17, 15) is 0 Å². The second kappa shape index (κ2) is 8.10. The first-order chi connectivity index (χ1) is 14.9. The second-order valence-corrected chi connectivity index (χ2v) is 7.00. The Balaban J connectivity index is 1.78. The first-order valence-corrected chi connectivity index (χ1v) is 10.0. The molecule has 5 aromatic rings. The molecule has 3 nitrogen and oxygen atoms in total. The maximum atomic E-state index is 4.81. The fourth-order valence-corrected chi connectivity index (χ4v) is 3.72. The summed E-state index contributed by atoms with van der Waals surface area (Å²) in [5.41, 5.74) is 6.41. The van der Waals surface area contributed by atoms with Crippen LogP contribution in [-0.4, -0.2) is 9.78 Å². The average Bonchev–Trinajstić information content (AvgIpc) is 3.26. The van der Waals surface area contributed by atoms with Crippen molar-refractivity contribution in [1.29, 1.82) is 0 Å². The molecule has 0 unspecified atom stereocenters. The van der Waals surface area contributed by atoms with E-state index in [4.69, 9.17) is 5.10 Å². The zero-order valence-electron chi connectivity index (χ0n) is 16.5. The molecule has 0 aliphatic rings. The van der Waals surface area contributed by atoms with E-state index in [0.717, 1.165) is 34.0 Å². The number of hydrogen-bond donors (Lipinski definition) is 0. The van der Waals surface area contributed by atoms with E-state index in [2.05, 4.69) is 89.8 Å². The monoisotopic (exact) mass is 387 g/mol. The number of aromatic nitrogens is 2. The van der Waals surface area contributed by atoms with Crippen LogP contribution in [0.3, 0.4) is 0 Å². The molecule has 0 aliphatic carbocycles. The van der Waals surface area contributed by atoms with Crippen LogP contribution in [0.5, 0.6) is 0 Å². The first kappa shape index (κ1) is 18.0. The van der Waals surface area contributed by atoms with Crippen LogP contribution >= 0.6 is 0 Å². The van der Waals surface area contributed by atoms with Gasteiger partial charge in [-0.1, -0.05) is 84.9 Å². The standard InChI is InChI=1S/C27H21N3/c1-5-13-22(14-6-1)27-26(21-28-30(27)25-19-11-4-12-20-25)29(23-15-7-2-8-16-23)24-17-9-3-10-18-24/h1-21H. The van der Waals surface area contributed by atoms with Crippen LogP contribution in [0.4, 0.5) is 17.1 Å². The molecule has 0 radical (unpaired) electrons. The van der Waals surface area contributed by atoms with Crippen molar-refractivity contribution in [2.24, 2.45) is 0 Å². The lowest BCUT2D eigenvalue weighted by molar-refractivity contribution is 0.888. The minimum Gasteiger partial charge on any atom is -0.307 e. The lowest BCUT2D eigenvalue weighted by Crippen LogP contribution is -2.11. The van der Waals surface area contributed by atoms with Crippen LogP contribution in [0.2, 0.25) is 0 Å². The molecule has 0 N–H and O–H groups in total. The van der Waals surface area contributed by atoms with Gasteiger partial charge in [0, 0.05) is 16.9 Å². The summed E-state index contributed by atoms with van der Waals surface area (Å²) in [6.07, 6.45) is 1.95. The van der Waals surface area contributed by atoms with Crippen molar-refractivity contribution in [3.05, 3.63) is 128 Å². The average molecular weight is 387 g/mol. The molecule has 0 fully saturated rings. The quantitative estimate of drug-likeness (QED) is 0.323. The molecule has 0 bridgehead atoms. The van der Waals surface area contributed by atoms with Crippen LogP contribution in [0.25, 0.3) is 16.9 Å². The SMILES string of the molecule is c1ccc(-c2c(N(c3ccccc3)c3ccccc3)cnn2-c2ccccc2)cc1. The van der Waals surface area contributed by atoms with Gasteiger partial charge < -0.3 is 4.90 Å². The van der Waals surface area contributed by atoms with E-state index in [-0.39, 0.29) is 0 Å². The summed E-state index contributed by atoms with van der Waals surface area (Å²) in [5, 5.41) is 4.81. The Morgan fingerprint density at radius 1 is 0.533 bits per heavy atom. The summed E-state index contributed by atoms with van der Waals surface area (Å²) in [7, 11) is 0. The Morgan fingerprint density at radius 3 is 1.53 bits per heavy atom. The smallest absolute Gasteiger partial charge is 0.0981 e. The topological polar surface area (TPSA) is 21.1 Å². The van der Waals surface area contributed by atoms with Crippen LogP contribution in [-0.2, 0) is 0 Å². The molecule has 0 spiro atoms. The molecule has 1 aromatic heterocycles. The third-order valence-electron chi connectivity index (χ3n) is 5.07. The number of rotatable bonds is 5. The highest BCUT2D eigenvalue weighted by Gasteiger charge is 2.22. The van der Waals surface area contributed by atoms with Gasteiger partial charge in [-0.2, -0.15) is 5.10 Å². The highest BCUT2D eigenvalue weighted by molar-refractivity contribution is 5.86.